The fourth-order valence-corrected chi connectivity index (χ4v) is 3.74. The van der Waals surface area contributed by atoms with Crippen LogP contribution in [0.25, 0.3) is 0 Å². The summed E-state index contributed by atoms with van der Waals surface area (Å²) in [6, 6.07) is 10.1. The van der Waals surface area contributed by atoms with Crippen LogP contribution in [-0.4, -0.2) is 39.3 Å². The highest BCUT2D eigenvalue weighted by Crippen LogP contribution is 2.23. The predicted octanol–water partition coefficient (Wildman–Crippen LogP) is 2.70. The number of para-hydroxylation sites is 1. The van der Waals surface area contributed by atoms with Crippen LogP contribution in [0, 0.1) is 11.6 Å². The van der Waals surface area contributed by atoms with E-state index in [-0.39, 0.29) is 12.3 Å². The number of carbonyl (C=O) groups is 1. The van der Waals surface area contributed by atoms with Gasteiger partial charge in [0.15, 0.2) is 11.6 Å². The quantitative estimate of drug-likeness (QED) is 0.723. The predicted molar refractivity (Wildman–Crippen MR) is 103 cm³/mol. The second kappa shape index (κ2) is 9.01. The number of benzene rings is 2. The van der Waals surface area contributed by atoms with E-state index in [0.29, 0.717) is 5.75 Å². The number of nitrogens with zero attached hydrogens (tertiary/aromatic N) is 1. The average molecular weight is 412 g/mol. The highest BCUT2D eigenvalue weighted by atomic mass is 32.2. The molecule has 28 heavy (non-hydrogen) atoms. The lowest BCUT2D eigenvalue weighted by Gasteiger charge is -2.29. The van der Waals surface area contributed by atoms with E-state index in [9.17, 15) is 22.0 Å². The molecule has 0 unspecified atom stereocenters. The van der Waals surface area contributed by atoms with E-state index in [1.807, 2.05) is 18.2 Å². The van der Waals surface area contributed by atoms with Crippen molar-refractivity contribution in [3.8, 4) is 5.75 Å². The molecule has 0 aliphatic carbocycles. The minimum absolute atomic E-state index is 0.141. The maximum absolute atomic E-state index is 13.6. The molecule has 0 radical (unpaired) electrons. The molecule has 1 N–H and O–H groups in total. The zero-order valence-corrected chi connectivity index (χ0v) is 16.5. The number of hydrogen-bond acceptors (Lipinski definition) is 4. The van der Waals surface area contributed by atoms with E-state index in [1.54, 1.807) is 19.1 Å². The third-order valence-electron chi connectivity index (χ3n) is 3.88. The van der Waals surface area contributed by atoms with Gasteiger partial charge >= 0.3 is 0 Å². The van der Waals surface area contributed by atoms with E-state index >= 15 is 0 Å². The minimum atomic E-state index is -3.93. The number of hydrogen-bond donors (Lipinski definition) is 1. The van der Waals surface area contributed by atoms with Crippen LogP contribution in [0.15, 0.2) is 48.5 Å². The first-order valence-electron chi connectivity index (χ1n) is 8.52. The van der Waals surface area contributed by atoms with E-state index in [2.05, 4.69) is 5.32 Å². The second-order valence-electron chi connectivity index (χ2n) is 6.37. The molecule has 0 bridgehead atoms. The number of amides is 1. The fourth-order valence-electron chi connectivity index (χ4n) is 2.57. The first kappa shape index (κ1) is 21.6. The molecule has 0 saturated heterocycles. The van der Waals surface area contributed by atoms with Crippen LogP contribution in [0.2, 0.25) is 0 Å². The van der Waals surface area contributed by atoms with Gasteiger partial charge in [0.05, 0.1) is 18.0 Å². The van der Waals surface area contributed by atoms with Gasteiger partial charge < -0.3 is 10.1 Å². The summed E-state index contributed by atoms with van der Waals surface area (Å²) in [5.41, 5.74) is -0.141. The van der Waals surface area contributed by atoms with Crippen molar-refractivity contribution in [2.45, 2.75) is 25.9 Å². The molecule has 0 saturated carbocycles. The van der Waals surface area contributed by atoms with Crippen molar-refractivity contribution in [1.29, 1.82) is 0 Å². The topological polar surface area (TPSA) is 75.7 Å². The lowest BCUT2D eigenvalue weighted by atomic mass is 10.2. The number of sulfonamides is 1. The summed E-state index contributed by atoms with van der Waals surface area (Å²) in [5.74, 6) is -2.28. The Morgan fingerprint density at radius 1 is 1.11 bits per heavy atom. The molecule has 2 rings (SSSR count). The fraction of sp³-hybridized carbons (Fsp3) is 0.316. The van der Waals surface area contributed by atoms with Crippen molar-refractivity contribution in [3.05, 3.63) is 60.2 Å². The van der Waals surface area contributed by atoms with Crippen molar-refractivity contribution >= 4 is 21.6 Å². The Morgan fingerprint density at radius 3 is 2.32 bits per heavy atom. The zero-order valence-electron chi connectivity index (χ0n) is 15.7. The van der Waals surface area contributed by atoms with Gasteiger partial charge in [-0.05, 0) is 38.1 Å². The molecule has 1 amide bonds. The summed E-state index contributed by atoms with van der Waals surface area (Å²) in [6.07, 6.45) is 0.889. The SMILES string of the molecule is C[C@@H](COc1ccccc1)NC(=O)[C@H](C)N(c1ccc(F)c(F)c1)S(C)(=O)=O. The van der Waals surface area contributed by atoms with Crippen LogP contribution < -0.4 is 14.4 Å². The van der Waals surface area contributed by atoms with Crippen LogP contribution in [0.5, 0.6) is 5.75 Å². The number of carbonyl (C=O) groups excluding carboxylic acids is 1. The number of rotatable bonds is 8. The van der Waals surface area contributed by atoms with Gasteiger partial charge in [0, 0.05) is 6.07 Å². The van der Waals surface area contributed by atoms with Crippen molar-refractivity contribution in [2.24, 2.45) is 0 Å². The molecule has 152 valence electrons. The molecular weight excluding hydrogens is 390 g/mol. The molecule has 2 aromatic rings. The standard InChI is InChI=1S/C19H22F2N2O4S/c1-13(12-27-16-7-5-4-6-8-16)22-19(24)14(2)23(28(3,25)26)15-9-10-17(20)18(21)11-15/h4-11,13-14H,12H2,1-3H3,(H,22,24)/t13-,14-/m0/s1. The first-order chi connectivity index (χ1) is 13.1. The summed E-state index contributed by atoms with van der Waals surface area (Å²) in [6.45, 7) is 3.24. The second-order valence-corrected chi connectivity index (χ2v) is 8.23. The Hall–Kier alpha value is -2.68. The molecule has 9 heteroatoms. The van der Waals surface area contributed by atoms with Gasteiger partial charge in [-0.3, -0.25) is 9.10 Å². The summed E-state index contributed by atoms with van der Waals surface area (Å²) < 4.78 is 57.4. The average Bonchev–Trinajstić information content (AvgIpc) is 2.62. The van der Waals surface area contributed by atoms with Crippen molar-refractivity contribution < 1.29 is 26.7 Å². The summed E-state index contributed by atoms with van der Waals surface area (Å²) in [5, 5.41) is 2.66. The molecule has 0 aromatic heterocycles. The van der Waals surface area contributed by atoms with Crippen LogP contribution in [0.3, 0.4) is 0 Å². The van der Waals surface area contributed by atoms with Crippen LogP contribution in [0.4, 0.5) is 14.5 Å². The van der Waals surface area contributed by atoms with Crippen molar-refractivity contribution in [1.82, 2.24) is 5.32 Å². The highest BCUT2D eigenvalue weighted by Gasteiger charge is 2.30. The van der Waals surface area contributed by atoms with Crippen LogP contribution in [-0.2, 0) is 14.8 Å². The lowest BCUT2D eigenvalue weighted by Crippen LogP contribution is -2.50. The number of halogens is 2. The number of anilines is 1. The number of ether oxygens (including phenoxy) is 1. The molecule has 0 spiro atoms. The third kappa shape index (κ3) is 5.66. The van der Waals surface area contributed by atoms with E-state index in [4.69, 9.17) is 4.74 Å². The molecule has 0 aliphatic rings. The molecule has 0 fully saturated rings. The molecule has 0 heterocycles. The largest absolute Gasteiger partial charge is 0.491 e. The van der Waals surface area contributed by atoms with E-state index < -0.39 is 39.6 Å². The van der Waals surface area contributed by atoms with Gasteiger partial charge in [-0.1, -0.05) is 18.2 Å². The molecule has 2 atom stereocenters. The number of nitrogens with one attached hydrogen (secondary N) is 1. The normalized spacial score (nSPS) is 13.5. The van der Waals surface area contributed by atoms with E-state index in [1.165, 1.54) is 6.92 Å². The van der Waals surface area contributed by atoms with Gasteiger partial charge in [-0.2, -0.15) is 0 Å². The third-order valence-corrected chi connectivity index (χ3v) is 5.12. The smallest absolute Gasteiger partial charge is 0.243 e. The summed E-state index contributed by atoms with van der Waals surface area (Å²) >= 11 is 0. The molecule has 2 aromatic carbocycles. The van der Waals surface area contributed by atoms with Crippen LogP contribution >= 0.6 is 0 Å². The summed E-state index contributed by atoms with van der Waals surface area (Å²) in [4.78, 5) is 12.5. The Bertz CT molecular complexity index is 923. The monoisotopic (exact) mass is 412 g/mol. The minimum Gasteiger partial charge on any atom is -0.491 e. The molecule has 6 nitrogen and oxygen atoms in total. The Morgan fingerprint density at radius 2 is 1.75 bits per heavy atom. The Balaban J connectivity index is 2.09. The van der Waals surface area contributed by atoms with E-state index in [0.717, 1.165) is 28.8 Å². The zero-order chi connectivity index (χ0) is 20.9. The lowest BCUT2D eigenvalue weighted by molar-refractivity contribution is -0.122. The highest BCUT2D eigenvalue weighted by molar-refractivity contribution is 7.92. The molecular formula is C19H22F2N2O4S. The van der Waals surface area contributed by atoms with Gasteiger partial charge in [-0.25, -0.2) is 17.2 Å². The van der Waals surface area contributed by atoms with Gasteiger partial charge in [0.1, 0.15) is 18.4 Å². The first-order valence-corrected chi connectivity index (χ1v) is 10.4. The van der Waals surface area contributed by atoms with Gasteiger partial charge in [-0.15, -0.1) is 0 Å². The maximum atomic E-state index is 13.6. The maximum Gasteiger partial charge on any atom is 0.243 e. The van der Waals surface area contributed by atoms with Gasteiger partial charge in [0.2, 0.25) is 15.9 Å². The summed E-state index contributed by atoms with van der Waals surface area (Å²) in [7, 11) is -3.93. The van der Waals surface area contributed by atoms with Crippen molar-refractivity contribution in [2.75, 3.05) is 17.2 Å². The van der Waals surface area contributed by atoms with Crippen LogP contribution in [0.1, 0.15) is 13.8 Å². The Kier molecular flexibility index (Phi) is 6.95. The van der Waals surface area contributed by atoms with Crippen molar-refractivity contribution in [3.63, 3.8) is 0 Å². The van der Waals surface area contributed by atoms with Gasteiger partial charge in [0.25, 0.3) is 0 Å². The Labute approximate surface area is 163 Å². The molecule has 0 aliphatic heterocycles.